The summed E-state index contributed by atoms with van der Waals surface area (Å²) in [6.45, 7) is 10.4. The fourth-order valence-electron chi connectivity index (χ4n) is 3.98. The molecule has 0 unspecified atom stereocenters. The summed E-state index contributed by atoms with van der Waals surface area (Å²) in [6.07, 6.45) is 4.91. The van der Waals surface area contributed by atoms with Crippen molar-refractivity contribution in [2.45, 2.75) is 71.5 Å². The second-order valence-corrected chi connectivity index (χ2v) is 9.03. The number of aromatic nitrogens is 2. The van der Waals surface area contributed by atoms with Crippen LogP contribution in [0.5, 0.6) is 0 Å². The van der Waals surface area contributed by atoms with E-state index in [0.717, 1.165) is 52.0 Å². The van der Waals surface area contributed by atoms with Gasteiger partial charge < -0.3 is 9.73 Å². The van der Waals surface area contributed by atoms with Gasteiger partial charge in [0.05, 0.1) is 6.04 Å². The molecule has 3 rings (SSSR count). The lowest BCUT2D eigenvalue weighted by Crippen LogP contribution is -2.36. The van der Waals surface area contributed by atoms with E-state index in [9.17, 15) is 4.79 Å². The monoisotopic (exact) mass is 387 g/mol. The molecule has 1 N–H and O–H groups in total. The van der Waals surface area contributed by atoms with Crippen molar-refractivity contribution in [2.24, 2.45) is 5.41 Å². The van der Waals surface area contributed by atoms with Crippen molar-refractivity contribution in [1.29, 1.82) is 0 Å². The van der Waals surface area contributed by atoms with Crippen LogP contribution in [0.15, 0.2) is 15.6 Å². The van der Waals surface area contributed by atoms with Gasteiger partial charge in [0.25, 0.3) is 0 Å². The third-order valence-corrected chi connectivity index (χ3v) is 5.80. The number of rotatable bonds is 5. The minimum absolute atomic E-state index is 0.0195. The number of carbonyl (C=O) groups is 1. The molecule has 0 aliphatic heterocycles. The maximum Gasteiger partial charge on any atom is 0.220 e. The molecular formula is C21H29N3O2S. The van der Waals surface area contributed by atoms with E-state index in [2.05, 4.69) is 35.2 Å². The molecule has 1 aliphatic rings. The zero-order valence-electron chi connectivity index (χ0n) is 17.1. The molecule has 2 heterocycles. The van der Waals surface area contributed by atoms with E-state index >= 15 is 0 Å². The van der Waals surface area contributed by atoms with E-state index in [1.807, 2.05) is 27.0 Å². The molecule has 0 saturated carbocycles. The predicted octanol–water partition coefficient (Wildman–Crippen LogP) is 4.48. The highest BCUT2D eigenvalue weighted by molar-refractivity contribution is 7.98. The zero-order valence-corrected chi connectivity index (χ0v) is 17.9. The fourth-order valence-corrected chi connectivity index (χ4v) is 4.44. The number of hydrogen-bond donors (Lipinski definition) is 1. The number of aryl methyl sites for hydroxylation is 3. The maximum atomic E-state index is 12.7. The molecule has 1 atom stereocenters. The molecule has 5 nitrogen and oxygen atoms in total. The molecule has 0 bridgehead atoms. The van der Waals surface area contributed by atoms with Gasteiger partial charge in [-0.25, -0.2) is 9.97 Å². The molecule has 1 aliphatic carbocycles. The normalized spacial score (nSPS) is 18.2. The fraction of sp³-hybridized carbons (Fsp3) is 0.571. The third-order valence-electron chi connectivity index (χ3n) is 5.26. The topological polar surface area (TPSA) is 68.0 Å². The van der Waals surface area contributed by atoms with E-state index < -0.39 is 0 Å². The number of thioether (sulfide) groups is 1. The van der Waals surface area contributed by atoms with Crippen LogP contribution in [0.4, 0.5) is 0 Å². The summed E-state index contributed by atoms with van der Waals surface area (Å²) in [7, 11) is 0. The van der Waals surface area contributed by atoms with Crippen LogP contribution in [0.25, 0.3) is 0 Å². The van der Waals surface area contributed by atoms with Crippen molar-refractivity contribution >= 4 is 17.7 Å². The van der Waals surface area contributed by atoms with Gasteiger partial charge >= 0.3 is 0 Å². The first kappa shape index (κ1) is 19.9. The summed E-state index contributed by atoms with van der Waals surface area (Å²) in [5.41, 5.74) is 4.26. The Hall–Kier alpha value is -1.82. The molecule has 27 heavy (non-hydrogen) atoms. The van der Waals surface area contributed by atoms with Crippen LogP contribution < -0.4 is 5.32 Å². The van der Waals surface area contributed by atoms with Gasteiger partial charge in [-0.2, -0.15) is 0 Å². The van der Waals surface area contributed by atoms with E-state index in [4.69, 9.17) is 4.42 Å². The van der Waals surface area contributed by atoms with Gasteiger partial charge in [-0.05, 0) is 56.9 Å². The quantitative estimate of drug-likeness (QED) is 0.605. The highest BCUT2D eigenvalue weighted by atomic mass is 32.2. The average molecular weight is 388 g/mol. The zero-order chi connectivity index (χ0) is 19.8. The van der Waals surface area contributed by atoms with E-state index in [1.54, 1.807) is 0 Å². The number of hydrogen-bond acceptors (Lipinski definition) is 5. The Bertz CT molecular complexity index is 834. The van der Waals surface area contributed by atoms with Gasteiger partial charge in [0.15, 0.2) is 5.16 Å². The summed E-state index contributed by atoms with van der Waals surface area (Å²) >= 11 is 1.54. The van der Waals surface area contributed by atoms with Crippen LogP contribution in [-0.4, -0.2) is 22.1 Å². The van der Waals surface area contributed by atoms with E-state index in [1.165, 1.54) is 11.8 Å². The van der Waals surface area contributed by atoms with Crippen LogP contribution in [0.1, 0.15) is 66.8 Å². The van der Waals surface area contributed by atoms with Crippen LogP contribution in [0.3, 0.4) is 0 Å². The molecule has 0 aromatic carbocycles. The van der Waals surface area contributed by atoms with Gasteiger partial charge in [-0.3, -0.25) is 4.79 Å². The minimum Gasteiger partial charge on any atom is -0.466 e. The predicted molar refractivity (Wildman–Crippen MR) is 108 cm³/mol. The Morgan fingerprint density at radius 1 is 1.30 bits per heavy atom. The summed E-state index contributed by atoms with van der Waals surface area (Å²) in [5, 5.41) is 4.01. The largest absolute Gasteiger partial charge is 0.466 e. The number of furan rings is 1. The lowest BCUT2D eigenvalue weighted by atomic mass is 9.74. The van der Waals surface area contributed by atoms with Crippen LogP contribution in [0, 0.1) is 26.2 Å². The number of nitrogens with one attached hydrogen (secondary N) is 1. The van der Waals surface area contributed by atoms with Crippen molar-refractivity contribution < 1.29 is 9.21 Å². The number of fused-ring (bicyclic) bond motifs is 1. The molecule has 0 fully saturated rings. The van der Waals surface area contributed by atoms with Crippen LogP contribution in [-0.2, 0) is 17.6 Å². The molecule has 146 valence electrons. The molecule has 1 amide bonds. The molecule has 0 radical (unpaired) electrons. The Morgan fingerprint density at radius 3 is 2.59 bits per heavy atom. The summed E-state index contributed by atoms with van der Waals surface area (Å²) in [4.78, 5) is 21.7. The van der Waals surface area contributed by atoms with E-state index in [-0.39, 0.29) is 17.4 Å². The molecule has 6 heteroatoms. The van der Waals surface area contributed by atoms with Crippen molar-refractivity contribution in [2.75, 3.05) is 6.26 Å². The first-order valence-corrected chi connectivity index (χ1v) is 10.7. The molecule has 0 saturated heterocycles. The lowest BCUT2D eigenvalue weighted by Gasteiger charge is -2.34. The van der Waals surface area contributed by atoms with Gasteiger partial charge in [0, 0.05) is 29.8 Å². The smallest absolute Gasteiger partial charge is 0.220 e. The highest BCUT2D eigenvalue weighted by Crippen LogP contribution is 2.42. The van der Waals surface area contributed by atoms with Crippen molar-refractivity contribution in [3.63, 3.8) is 0 Å². The molecule has 0 spiro atoms. The Labute approximate surface area is 165 Å². The van der Waals surface area contributed by atoms with Crippen molar-refractivity contribution in [3.05, 3.63) is 40.1 Å². The Morgan fingerprint density at radius 2 is 1.96 bits per heavy atom. The SMILES string of the molecule is CSc1nc(C)c(CCC(=O)N[C@@H]2CC(C)(C)Cc3oc(C)cc32)c(C)n1. The van der Waals surface area contributed by atoms with Gasteiger partial charge in [-0.15, -0.1) is 0 Å². The van der Waals surface area contributed by atoms with Crippen LogP contribution in [0.2, 0.25) is 0 Å². The van der Waals surface area contributed by atoms with Crippen molar-refractivity contribution in [1.82, 2.24) is 15.3 Å². The minimum atomic E-state index is 0.0195. The number of nitrogens with zero attached hydrogens (tertiary/aromatic N) is 2. The molecule has 2 aromatic heterocycles. The molecular weight excluding hydrogens is 358 g/mol. The van der Waals surface area contributed by atoms with Crippen molar-refractivity contribution in [3.8, 4) is 0 Å². The van der Waals surface area contributed by atoms with Crippen LogP contribution >= 0.6 is 11.8 Å². The molecule has 2 aromatic rings. The van der Waals surface area contributed by atoms with Gasteiger partial charge in [0.1, 0.15) is 11.5 Å². The number of amides is 1. The highest BCUT2D eigenvalue weighted by Gasteiger charge is 2.35. The summed E-state index contributed by atoms with van der Waals surface area (Å²) in [5.74, 6) is 1.99. The summed E-state index contributed by atoms with van der Waals surface area (Å²) in [6, 6.07) is 2.09. The Balaban J connectivity index is 1.68. The number of carbonyl (C=O) groups excluding carboxylic acids is 1. The second kappa shape index (κ2) is 7.66. The second-order valence-electron chi connectivity index (χ2n) is 8.26. The lowest BCUT2D eigenvalue weighted by molar-refractivity contribution is -0.122. The first-order chi connectivity index (χ1) is 12.7. The third kappa shape index (κ3) is 4.54. The maximum absolute atomic E-state index is 12.7. The first-order valence-electron chi connectivity index (χ1n) is 9.45. The van der Waals surface area contributed by atoms with E-state index in [0.29, 0.717) is 12.8 Å². The van der Waals surface area contributed by atoms with Gasteiger partial charge in [0.2, 0.25) is 5.91 Å². The average Bonchev–Trinajstić information content (AvgIpc) is 2.92. The standard InChI is InChI=1S/C21H29N3O2S/c1-12-9-16-17(10-21(4,5)11-18(16)26-12)24-19(25)8-7-15-13(2)22-20(27-6)23-14(15)3/h9,17H,7-8,10-11H2,1-6H3,(H,24,25)/t17-/m1/s1. The Kier molecular flexibility index (Phi) is 5.65. The summed E-state index contributed by atoms with van der Waals surface area (Å²) < 4.78 is 5.87. The van der Waals surface area contributed by atoms with Gasteiger partial charge in [-0.1, -0.05) is 25.6 Å².